The van der Waals surface area contributed by atoms with Crippen LogP contribution in [0.15, 0.2) is 18.2 Å². The van der Waals surface area contributed by atoms with Crippen LogP contribution in [-0.4, -0.2) is 32.1 Å². The molecule has 1 amide bonds. The van der Waals surface area contributed by atoms with Gasteiger partial charge >= 0.3 is 0 Å². The van der Waals surface area contributed by atoms with Gasteiger partial charge in [0.25, 0.3) is 0 Å². The van der Waals surface area contributed by atoms with E-state index in [1.807, 2.05) is 13.0 Å². The summed E-state index contributed by atoms with van der Waals surface area (Å²) in [6.45, 7) is 3.75. The van der Waals surface area contributed by atoms with Crippen molar-refractivity contribution in [2.45, 2.75) is 38.6 Å². The summed E-state index contributed by atoms with van der Waals surface area (Å²) in [6.07, 6.45) is 3.72. The van der Waals surface area contributed by atoms with Crippen molar-refractivity contribution in [1.29, 1.82) is 0 Å². The third kappa shape index (κ3) is 5.56. The van der Waals surface area contributed by atoms with Crippen LogP contribution in [-0.2, 0) is 11.2 Å². The molecule has 1 heterocycles. The summed E-state index contributed by atoms with van der Waals surface area (Å²) in [6, 6.07) is 6.55. The molecule has 4 nitrogen and oxygen atoms in total. The van der Waals surface area contributed by atoms with Gasteiger partial charge in [-0.25, -0.2) is 0 Å². The lowest BCUT2D eigenvalue weighted by Gasteiger charge is -2.11. The number of carbonyl (C=O) groups is 1. The van der Waals surface area contributed by atoms with Crippen molar-refractivity contribution in [2.24, 2.45) is 0 Å². The van der Waals surface area contributed by atoms with Crippen LogP contribution < -0.4 is 15.4 Å². The quantitative estimate of drug-likeness (QED) is 0.847. The molecule has 1 aliphatic rings. The average molecular weight is 313 g/mol. The summed E-state index contributed by atoms with van der Waals surface area (Å²) in [5.74, 6) is 1.05. The van der Waals surface area contributed by atoms with Gasteiger partial charge in [-0.1, -0.05) is 12.1 Å². The Bertz CT molecular complexity index is 460. The number of aryl methyl sites for hydroxylation is 1. The predicted octanol–water partition coefficient (Wildman–Crippen LogP) is 2.23. The number of carbonyl (C=O) groups excluding carboxylic acids is 1. The number of amides is 1. The van der Waals surface area contributed by atoms with E-state index < -0.39 is 0 Å². The first kappa shape index (κ1) is 17.8. The number of halogens is 1. The van der Waals surface area contributed by atoms with E-state index in [0.29, 0.717) is 19.0 Å². The molecule has 2 N–H and O–H groups in total. The molecule has 1 aromatic rings. The smallest absolute Gasteiger partial charge is 0.221 e. The van der Waals surface area contributed by atoms with E-state index in [4.69, 9.17) is 4.74 Å². The zero-order chi connectivity index (χ0) is 14.4. The van der Waals surface area contributed by atoms with Gasteiger partial charge in [0.15, 0.2) is 0 Å². The highest BCUT2D eigenvalue weighted by Gasteiger charge is 2.17. The van der Waals surface area contributed by atoms with Crippen molar-refractivity contribution in [3.8, 4) is 5.75 Å². The number of benzene rings is 1. The number of methoxy groups -OCH3 is 1. The Labute approximate surface area is 133 Å². The highest BCUT2D eigenvalue weighted by Crippen LogP contribution is 2.19. The molecule has 0 bridgehead atoms. The minimum atomic E-state index is 0. The number of hydrogen-bond donors (Lipinski definition) is 2. The third-order valence-electron chi connectivity index (χ3n) is 3.80. The van der Waals surface area contributed by atoms with Gasteiger partial charge in [0.05, 0.1) is 7.11 Å². The minimum absolute atomic E-state index is 0. The van der Waals surface area contributed by atoms with Crippen LogP contribution >= 0.6 is 12.4 Å². The van der Waals surface area contributed by atoms with Crippen LogP contribution in [0.25, 0.3) is 0 Å². The van der Waals surface area contributed by atoms with Crippen molar-refractivity contribution in [2.75, 3.05) is 20.2 Å². The van der Waals surface area contributed by atoms with E-state index in [1.165, 1.54) is 12.0 Å². The van der Waals surface area contributed by atoms with Crippen LogP contribution in [0.5, 0.6) is 5.75 Å². The molecule has 2 rings (SSSR count). The molecule has 1 aromatic carbocycles. The van der Waals surface area contributed by atoms with Crippen LogP contribution in [0.1, 0.15) is 30.4 Å². The molecule has 1 saturated heterocycles. The summed E-state index contributed by atoms with van der Waals surface area (Å²) in [4.78, 5) is 11.8. The first-order valence-corrected chi connectivity index (χ1v) is 7.32. The molecule has 1 unspecified atom stereocenters. The Hall–Kier alpha value is -1.26. The molecule has 0 radical (unpaired) electrons. The summed E-state index contributed by atoms with van der Waals surface area (Å²) < 4.78 is 5.31. The zero-order valence-corrected chi connectivity index (χ0v) is 13.6. The highest BCUT2D eigenvalue weighted by molar-refractivity contribution is 5.85. The fourth-order valence-electron chi connectivity index (χ4n) is 2.59. The van der Waals surface area contributed by atoms with Gasteiger partial charge < -0.3 is 15.4 Å². The van der Waals surface area contributed by atoms with Crippen LogP contribution in [0.3, 0.4) is 0 Å². The molecule has 0 spiro atoms. The fraction of sp³-hybridized carbons (Fsp3) is 0.562. The second kappa shape index (κ2) is 8.90. The number of ether oxygens (including phenoxy) is 1. The van der Waals surface area contributed by atoms with Gasteiger partial charge in [-0.05, 0) is 49.9 Å². The average Bonchev–Trinajstić information content (AvgIpc) is 2.93. The molecule has 5 heteroatoms. The molecular formula is C16H25ClN2O2. The lowest BCUT2D eigenvalue weighted by Crippen LogP contribution is -2.32. The van der Waals surface area contributed by atoms with Crippen LogP contribution in [0, 0.1) is 6.92 Å². The van der Waals surface area contributed by atoms with Crippen molar-refractivity contribution < 1.29 is 9.53 Å². The lowest BCUT2D eigenvalue weighted by atomic mass is 10.1. The molecule has 0 aliphatic carbocycles. The molecule has 0 aromatic heterocycles. The molecular weight excluding hydrogens is 288 g/mol. The first-order chi connectivity index (χ1) is 9.69. The van der Waals surface area contributed by atoms with Gasteiger partial charge in [0.2, 0.25) is 5.91 Å². The van der Waals surface area contributed by atoms with Crippen molar-refractivity contribution >= 4 is 18.3 Å². The molecule has 1 fully saturated rings. The molecule has 21 heavy (non-hydrogen) atoms. The van der Waals surface area contributed by atoms with Gasteiger partial charge in [0, 0.05) is 19.0 Å². The first-order valence-electron chi connectivity index (χ1n) is 7.32. The minimum Gasteiger partial charge on any atom is -0.496 e. The Morgan fingerprint density at radius 2 is 2.29 bits per heavy atom. The topological polar surface area (TPSA) is 50.4 Å². The van der Waals surface area contributed by atoms with E-state index in [0.717, 1.165) is 30.7 Å². The maximum absolute atomic E-state index is 11.8. The maximum Gasteiger partial charge on any atom is 0.221 e. The number of nitrogens with one attached hydrogen (secondary N) is 2. The zero-order valence-electron chi connectivity index (χ0n) is 12.8. The van der Waals surface area contributed by atoms with E-state index in [-0.39, 0.29) is 18.3 Å². The van der Waals surface area contributed by atoms with Gasteiger partial charge in [-0.2, -0.15) is 0 Å². The standard InChI is InChI=1S/C16H24N2O2.ClH/c1-12-5-6-13(10-15(12)20-2)7-9-18-16(19)11-14-4-3-8-17-14;/h5-6,10,14,17H,3-4,7-9,11H2,1-2H3,(H,18,19);1H. The van der Waals surface area contributed by atoms with Crippen LogP contribution in [0.4, 0.5) is 0 Å². The highest BCUT2D eigenvalue weighted by atomic mass is 35.5. The van der Waals surface area contributed by atoms with E-state index in [1.54, 1.807) is 7.11 Å². The Morgan fingerprint density at radius 3 is 2.95 bits per heavy atom. The van der Waals surface area contributed by atoms with Crippen LogP contribution in [0.2, 0.25) is 0 Å². The molecule has 1 aliphatic heterocycles. The second-order valence-corrected chi connectivity index (χ2v) is 5.40. The van der Waals surface area contributed by atoms with Crippen molar-refractivity contribution in [3.63, 3.8) is 0 Å². The number of rotatable bonds is 6. The Kier molecular flexibility index (Phi) is 7.54. The largest absolute Gasteiger partial charge is 0.496 e. The summed E-state index contributed by atoms with van der Waals surface area (Å²) in [7, 11) is 1.68. The Balaban J connectivity index is 0.00000220. The van der Waals surface area contributed by atoms with Gasteiger partial charge in [-0.15, -0.1) is 12.4 Å². The monoisotopic (exact) mass is 312 g/mol. The van der Waals surface area contributed by atoms with Crippen molar-refractivity contribution in [1.82, 2.24) is 10.6 Å². The molecule has 1 atom stereocenters. The van der Waals surface area contributed by atoms with E-state index in [9.17, 15) is 4.79 Å². The summed E-state index contributed by atoms with van der Waals surface area (Å²) in [5.41, 5.74) is 2.32. The summed E-state index contributed by atoms with van der Waals surface area (Å²) >= 11 is 0. The second-order valence-electron chi connectivity index (χ2n) is 5.40. The van der Waals surface area contributed by atoms with Crippen molar-refractivity contribution in [3.05, 3.63) is 29.3 Å². The fourth-order valence-corrected chi connectivity index (χ4v) is 2.59. The maximum atomic E-state index is 11.8. The predicted molar refractivity (Wildman–Crippen MR) is 87.3 cm³/mol. The normalized spacial score (nSPS) is 17.1. The van der Waals surface area contributed by atoms with Gasteiger partial charge in [0.1, 0.15) is 5.75 Å². The number of hydrogen-bond acceptors (Lipinski definition) is 3. The molecule has 0 saturated carbocycles. The SMILES string of the molecule is COc1cc(CCNC(=O)CC2CCCN2)ccc1C.Cl. The molecule has 118 valence electrons. The Morgan fingerprint density at radius 1 is 1.48 bits per heavy atom. The summed E-state index contributed by atoms with van der Waals surface area (Å²) in [5, 5.41) is 6.33. The van der Waals surface area contributed by atoms with E-state index in [2.05, 4.69) is 22.8 Å². The van der Waals surface area contributed by atoms with E-state index >= 15 is 0 Å². The third-order valence-corrected chi connectivity index (χ3v) is 3.80. The van der Waals surface area contributed by atoms with Gasteiger partial charge in [-0.3, -0.25) is 4.79 Å². The lowest BCUT2D eigenvalue weighted by molar-refractivity contribution is -0.121.